The fourth-order valence-electron chi connectivity index (χ4n) is 3.88. The molecule has 4 nitrogen and oxygen atoms in total. The van der Waals surface area contributed by atoms with Gasteiger partial charge < -0.3 is 14.4 Å². The van der Waals surface area contributed by atoms with Crippen LogP contribution in [0.4, 0.5) is 0 Å². The van der Waals surface area contributed by atoms with Gasteiger partial charge in [-0.25, -0.2) is 0 Å². The minimum atomic E-state index is 0.121. The summed E-state index contributed by atoms with van der Waals surface area (Å²) in [4.78, 5) is 17.0. The lowest BCUT2D eigenvalue weighted by molar-refractivity contribution is 0.0668. The molecular weight excluding hydrogens is 358 g/mol. The first-order chi connectivity index (χ1) is 13.3. The number of rotatable bonds is 5. The van der Waals surface area contributed by atoms with Gasteiger partial charge in [-0.1, -0.05) is 25.3 Å². The molecule has 1 saturated carbocycles. The second-order valence-electron chi connectivity index (χ2n) is 7.06. The molecule has 142 valence electrons. The maximum atomic E-state index is 13.2. The predicted octanol–water partition coefficient (Wildman–Crippen LogP) is 5.15. The normalized spacial score (nSPS) is 16.7. The zero-order chi connectivity index (χ0) is 18.6. The third kappa shape index (κ3) is 3.88. The van der Waals surface area contributed by atoms with Crippen LogP contribution in [-0.2, 0) is 0 Å². The van der Waals surface area contributed by atoms with Crippen molar-refractivity contribution in [3.63, 3.8) is 0 Å². The van der Waals surface area contributed by atoms with Crippen molar-refractivity contribution in [2.75, 3.05) is 19.8 Å². The Morgan fingerprint density at radius 3 is 2.67 bits per heavy atom. The molecule has 5 heteroatoms. The van der Waals surface area contributed by atoms with Crippen LogP contribution < -0.4 is 9.47 Å². The molecule has 4 rings (SSSR count). The van der Waals surface area contributed by atoms with E-state index in [1.807, 2.05) is 41.3 Å². The van der Waals surface area contributed by atoms with Crippen LogP contribution >= 0.6 is 11.3 Å². The van der Waals surface area contributed by atoms with Gasteiger partial charge in [0.25, 0.3) is 5.91 Å². The number of benzene rings is 1. The number of thiophene rings is 1. The molecule has 1 fully saturated rings. The molecule has 2 aliphatic rings. The van der Waals surface area contributed by atoms with E-state index in [1.54, 1.807) is 11.3 Å². The lowest BCUT2D eigenvalue weighted by atomic mass is 9.94. The van der Waals surface area contributed by atoms with Gasteiger partial charge in [-0.3, -0.25) is 4.79 Å². The highest BCUT2D eigenvalue weighted by molar-refractivity contribution is 7.17. The molecule has 1 aromatic carbocycles. The molecule has 0 spiro atoms. The highest BCUT2D eigenvalue weighted by atomic mass is 32.1. The van der Waals surface area contributed by atoms with E-state index in [0.29, 0.717) is 25.8 Å². The number of amides is 1. The highest BCUT2D eigenvalue weighted by Gasteiger charge is 2.26. The first-order valence-electron chi connectivity index (χ1n) is 9.68. The van der Waals surface area contributed by atoms with Crippen molar-refractivity contribution in [1.29, 1.82) is 0 Å². The van der Waals surface area contributed by atoms with E-state index in [2.05, 4.69) is 6.58 Å². The van der Waals surface area contributed by atoms with Gasteiger partial charge in [0, 0.05) is 17.5 Å². The van der Waals surface area contributed by atoms with Gasteiger partial charge in [-0.05, 0) is 48.7 Å². The molecule has 0 N–H and O–H groups in total. The number of fused-ring (bicyclic) bond motifs is 1. The minimum absolute atomic E-state index is 0.121. The van der Waals surface area contributed by atoms with Gasteiger partial charge >= 0.3 is 0 Å². The maximum Gasteiger partial charge on any atom is 0.264 e. The Labute approximate surface area is 164 Å². The van der Waals surface area contributed by atoms with Crippen molar-refractivity contribution in [2.24, 2.45) is 0 Å². The summed E-state index contributed by atoms with van der Waals surface area (Å²) in [6, 6.07) is 10.3. The number of carbonyl (C=O) groups is 1. The van der Waals surface area contributed by atoms with Crippen LogP contribution in [0.15, 0.2) is 43.0 Å². The van der Waals surface area contributed by atoms with Crippen LogP contribution in [0.1, 0.15) is 41.8 Å². The zero-order valence-corrected chi connectivity index (χ0v) is 16.3. The number of hydrogen-bond donors (Lipinski definition) is 0. The van der Waals surface area contributed by atoms with Crippen molar-refractivity contribution in [3.05, 3.63) is 47.9 Å². The van der Waals surface area contributed by atoms with Crippen molar-refractivity contribution in [1.82, 2.24) is 4.90 Å². The average Bonchev–Trinajstić information content (AvgIpc) is 3.22. The standard InChI is InChI=1S/C22H25NO3S/c1-2-12-23(17-6-4-3-5-7-17)22(24)21-11-10-20(27-21)16-8-9-18-19(15-16)26-14-13-25-18/h2,8-11,15,17H,1,3-7,12-14H2. The van der Waals surface area contributed by atoms with E-state index in [1.165, 1.54) is 19.3 Å². The van der Waals surface area contributed by atoms with Gasteiger partial charge in [0.2, 0.25) is 0 Å². The summed E-state index contributed by atoms with van der Waals surface area (Å²) < 4.78 is 11.3. The van der Waals surface area contributed by atoms with E-state index < -0.39 is 0 Å². The smallest absolute Gasteiger partial charge is 0.264 e. The third-order valence-electron chi connectivity index (χ3n) is 5.25. The van der Waals surface area contributed by atoms with Crippen LogP contribution in [-0.4, -0.2) is 36.6 Å². The molecule has 1 amide bonds. The molecular formula is C22H25NO3S. The van der Waals surface area contributed by atoms with E-state index in [0.717, 1.165) is 39.7 Å². The van der Waals surface area contributed by atoms with Crippen LogP contribution in [0.2, 0.25) is 0 Å². The summed E-state index contributed by atoms with van der Waals surface area (Å²) in [7, 11) is 0. The number of hydrogen-bond acceptors (Lipinski definition) is 4. The van der Waals surface area contributed by atoms with Crippen LogP contribution in [0.3, 0.4) is 0 Å². The van der Waals surface area contributed by atoms with E-state index >= 15 is 0 Å². The Hall–Kier alpha value is -2.27. The van der Waals surface area contributed by atoms with Crippen LogP contribution in [0.25, 0.3) is 10.4 Å². The third-order valence-corrected chi connectivity index (χ3v) is 6.37. The average molecular weight is 384 g/mol. The predicted molar refractivity (Wildman–Crippen MR) is 109 cm³/mol. The second-order valence-corrected chi connectivity index (χ2v) is 8.14. The summed E-state index contributed by atoms with van der Waals surface area (Å²) in [5, 5.41) is 0. The quantitative estimate of drug-likeness (QED) is 0.671. The van der Waals surface area contributed by atoms with Gasteiger partial charge in [0.05, 0.1) is 4.88 Å². The van der Waals surface area contributed by atoms with Crippen LogP contribution in [0, 0.1) is 0 Å². The first-order valence-corrected chi connectivity index (χ1v) is 10.5. The Morgan fingerprint density at radius 1 is 1.11 bits per heavy atom. The van der Waals surface area contributed by atoms with Crippen molar-refractivity contribution < 1.29 is 14.3 Å². The summed E-state index contributed by atoms with van der Waals surface area (Å²) in [6.45, 7) is 5.62. The maximum absolute atomic E-state index is 13.2. The number of nitrogens with zero attached hydrogens (tertiary/aromatic N) is 1. The summed E-state index contributed by atoms with van der Waals surface area (Å²) in [6.07, 6.45) is 7.72. The topological polar surface area (TPSA) is 38.8 Å². The van der Waals surface area contributed by atoms with Crippen molar-refractivity contribution >= 4 is 17.2 Å². The lowest BCUT2D eigenvalue weighted by Crippen LogP contribution is -2.41. The van der Waals surface area contributed by atoms with Gasteiger partial charge in [-0.15, -0.1) is 17.9 Å². The molecule has 0 atom stereocenters. The minimum Gasteiger partial charge on any atom is -0.486 e. The zero-order valence-electron chi connectivity index (χ0n) is 15.5. The fourth-order valence-corrected chi connectivity index (χ4v) is 4.83. The number of ether oxygens (including phenoxy) is 2. The van der Waals surface area contributed by atoms with Crippen LogP contribution in [0.5, 0.6) is 11.5 Å². The fraction of sp³-hybridized carbons (Fsp3) is 0.409. The van der Waals surface area contributed by atoms with Crippen molar-refractivity contribution in [3.8, 4) is 21.9 Å². The molecule has 0 saturated heterocycles. The van der Waals surface area contributed by atoms with Gasteiger partial charge in [0.15, 0.2) is 11.5 Å². The SMILES string of the molecule is C=CCN(C(=O)c1ccc(-c2ccc3c(c2)OCCO3)s1)C1CCCCC1. The van der Waals surface area contributed by atoms with E-state index in [9.17, 15) is 4.79 Å². The molecule has 0 radical (unpaired) electrons. The Kier molecular flexibility index (Phi) is 5.48. The van der Waals surface area contributed by atoms with Gasteiger partial charge in [-0.2, -0.15) is 0 Å². The lowest BCUT2D eigenvalue weighted by Gasteiger charge is -2.33. The Balaban J connectivity index is 1.55. The molecule has 1 aliphatic carbocycles. The summed E-state index contributed by atoms with van der Waals surface area (Å²) in [5.41, 5.74) is 1.05. The molecule has 2 aromatic rings. The molecule has 27 heavy (non-hydrogen) atoms. The monoisotopic (exact) mass is 383 g/mol. The van der Waals surface area contributed by atoms with E-state index in [4.69, 9.17) is 9.47 Å². The van der Waals surface area contributed by atoms with Gasteiger partial charge in [0.1, 0.15) is 13.2 Å². The summed E-state index contributed by atoms with van der Waals surface area (Å²) >= 11 is 1.54. The molecule has 2 heterocycles. The number of carbonyl (C=O) groups excluding carboxylic acids is 1. The highest BCUT2D eigenvalue weighted by Crippen LogP contribution is 2.37. The largest absolute Gasteiger partial charge is 0.486 e. The molecule has 0 bridgehead atoms. The summed E-state index contributed by atoms with van der Waals surface area (Å²) in [5.74, 6) is 1.68. The first kappa shape index (κ1) is 18.1. The molecule has 1 aliphatic heterocycles. The molecule has 0 unspecified atom stereocenters. The van der Waals surface area contributed by atoms with Crippen molar-refractivity contribution in [2.45, 2.75) is 38.1 Å². The Bertz CT molecular complexity index is 823. The second kappa shape index (κ2) is 8.17. The Morgan fingerprint density at radius 2 is 1.89 bits per heavy atom. The van der Waals surface area contributed by atoms with E-state index in [-0.39, 0.29) is 5.91 Å². The molecule has 1 aromatic heterocycles.